The third-order valence-corrected chi connectivity index (χ3v) is 2.42. The van der Waals surface area contributed by atoms with E-state index in [4.69, 9.17) is 0 Å². The van der Waals surface area contributed by atoms with Crippen LogP contribution in [0.5, 0.6) is 0 Å². The van der Waals surface area contributed by atoms with E-state index in [9.17, 15) is 14.9 Å². The minimum atomic E-state index is -0.614. The lowest BCUT2D eigenvalue weighted by Crippen LogP contribution is -2.28. The normalized spacial score (nSPS) is 12.2. The molecule has 0 aliphatic rings. The molecule has 1 N–H and O–H groups in total. The SMILES string of the molecule is CNC(=O)C(C)n1cc(Br)c([N+](=O)[O-])n1. The van der Waals surface area contributed by atoms with Crippen LogP contribution in [-0.4, -0.2) is 27.7 Å². The fourth-order valence-electron chi connectivity index (χ4n) is 1.01. The molecule has 1 unspecified atom stereocenters. The lowest BCUT2D eigenvalue weighted by Gasteiger charge is -2.05. The molecule has 8 heteroatoms. The van der Waals surface area contributed by atoms with Gasteiger partial charge in [0.05, 0.1) is 11.3 Å². The standard InChI is InChI=1S/C7H9BrN4O3/c1-4(7(13)9-2)11-3-5(8)6(10-11)12(14)15/h3-4H,1-2H3,(H,9,13). The van der Waals surface area contributed by atoms with Gasteiger partial charge in [-0.2, -0.15) is 4.68 Å². The highest BCUT2D eigenvalue weighted by atomic mass is 79.9. The van der Waals surface area contributed by atoms with Crippen LogP contribution >= 0.6 is 15.9 Å². The molecular formula is C7H9BrN4O3. The van der Waals surface area contributed by atoms with Gasteiger partial charge in [0.1, 0.15) is 10.5 Å². The highest BCUT2D eigenvalue weighted by Crippen LogP contribution is 2.23. The predicted octanol–water partition coefficient (Wildman–Crippen LogP) is 0.861. The van der Waals surface area contributed by atoms with Gasteiger partial charge in [0.2, 0.25) is 5.91 Å². The van der Waals surface area contributed by atoms with Crippen molar-refractivity contribution in [2.45, 2.75) is 13.0 Å². The van der Waals surface area contributed by atoms with E-state index in [2.05, 4.69) is 26.3 Å². The zero-order chi connectivity index (χ0) is 11.6. The molecule has 0 bridgehead atoms. The van der Waals surface area contributed by atoms with E-state index in [0.29, 0.717) is 0 Å². The summed E-state index contributed by atoms with van der Waals surface area (Å²) in [6.45, 7) is 1.60. The quantitative estimate of drug-likeness (QED) is 0.655. The highest BCUT2D eigenvalue weighted by molar-refractivity contribution is 9.10. The molecule has 0 aliphatic carbocycles. The van der Waals surface area contributed by atoms with Crippen LogP contribution in [-0.2, 0) is 4.79 Å². The number of amides is 1. The zero-order valence-electron chi connectivity index (χ0n) is 8.10. The number of aromatic nitrogens is 2. The maximum atomic E-state index is 11.2. The number of likely N-dealkylation sites (N-methyl/N-ethyl adjacent to an activating group) is 1. The first-order valence-electron chi connectivity index (χ1n) is 4.08. The van der Waals surface area contributed by atoms with Gasteiger partial charge in [0, 0.05) is 7.05 Å². The molecule has 82 valence electrons. The van der Waals surface area contributed by atoms with E-state index < -0.39 is 11.0 Å². The van der Waals surface area contributed by atoms with Gasteiger partial charge in [0.15, 0.2) is 0 Å². The Labute approximate surface area is 93.7 Å². The summed E-state index contributed by atoms with van der Waals surface area (Å²) in [4.78, 5) is 21.1. The largest absolute Gasteiger partial charge is 0.404 e. The van der Waals surface area contributed by atoms with Crippen molar-refractivity contribution < 1.29 is 9.72 Å². The molecule has 7 nitrogen and oxygen atoms in total. The molecule has 0 aromatic carbocycles. The first-order valence-corrected chi connectivity index (χ1v) is 4.87. The molecule has 15 heavy (non-hydrogen) atoms. The van der Waals surface area contributed by atoms with Gasteiger partial charge in [-0.1, -0.05) is 0 Å². The minimum absolute atomic E-state index is 0.253. The molecule has 1 heterocycles. The summed E-state index contributed by atoms with van der Waals surface area (Å²) >= 11 is 3.00. The summed E-state index contributed by atoms with van der Waals surface area (Å²) in [5, 5.41) is 16.6. The second-order valence-corrected chi connectivity index (χ2v) is 3.68. The molecule has 0 spiro atoms. The first-order chi connectivity index (χ1) is 6.97. The van der Waals surface area contributed by atoms with Crippen molar-refractivity contribution >= 4 is 27.7 Å². The average Bonchev–Trinajstić information content (AvgIpc) is 2.58. The van der Waals surface area contributed by atoms with Crippen molar-refractivity contribution in [3.05, 3.63) is 20.8 Å². The van der Waals surface area contributed by atoms with Crippen LogP contribution in [0.15, 0.2) is 10.7 Å². The highest BCUT2D eigenvalue weighted by Gasteiger charge is 2.24. The molecule has 1 atom stereocenters. The van der Waals surface area contributed by atoms with E-state index >= 15 is 0 Å². The fourth-order valence-corrected chi connectivity index (χ4v) is 1.44. The van der Waals surface area contributed by atoms with Gasteiger partial charge in [0.25, 0.3) is 0 Å². The Morgan fingerprint density at radius 2 is 2.40 bits per heavy atom. The van der Waals surface area contributed by atoms with Crippen LogP contribution in [0.3, 0.4) is 0 Å². The number of nitrogens with zero attached hydrogens (tertiary/aromatic N) is 3. The Hall–Kier alpha value is -1.44. The fraction of sp³-hybridized carbons (Fsp3) is 0.429. The second-order valence-electron chi connectivity index (χ2n) is 2.83. The Balaban J connectivity index is 3.02. The second kappa shape index (κ2) is 4.39. The molecule has 0 fully saturated rings. The summed E-state index contributed by atoms with van der Waals surface area (Å²) in [5.74, 6) is -0.564. The van der Waals surface area contributed by atoms with Gasteiger partial charge >= 0.3 is 5.82 Å². The number of carbonyl (C=O) groups excluding carboxylic acids is 1. The van der Waals surface area contributed by atoms with Crippen molar-refractivity contribution in [2.75, 3.05) is 7.05 Å². The molecule has 0 radical (unpaired) electrons. The third-order valence-electron chi connectivity index (χ3n) is 1.87. The lowest BCUT2D eigenvalue weighted by molar-refractivity contribution is -0.390. The van der Waals surface area contributed by atoms with Gasteiger partial charge in [-0.05, 0) is 27.8 Å². The first kappa shape index (κ1) is 11.6. The van der Waals surface area contributed by atoms with E-state index in [1.165, 1.54) is 17.9 Å². The van der Waals surface area contributed by atoms with Gasteiger partial charge in [-0.15, -0.1) is 0 Å². The third kappa shape index (κ3) is 2.32. The van der Waals surface area contributed by atoms with Crippen molar-refractivity contribution in [1.82, 2.24) is 15.1 Å². The van der Waals surface area contributed by atoms with Crippen LogP contribution in [0.2, 0.25) is 0 Å². The molecule has 1 aromatic rings. The van der Waals surface area contributed by atoms with Crippen molar-refractivity contribution in [2.24, 2.45) is 0 Å². The maximum absolute atomic E-state index is 11.2. The molecule has 0 aliphatic heterocycles. The smallest absolute Gasteiger partial charge is 0.358 e. The maximum Gasteiger partial charge on any atom is 0.404 e. The number of nitrogens with one attached hydrogen (secondary N) is 1. The Morgan fingerprint density at radius 3 is 2.80 bits per heavy atom. The number of hydrogen-bond donors (Lipinski definition) is 1. The van der Waals surface area contributed by atoms with Gasteiger partial charge in [-0.25, -0.2) is 0 Å². The van der Waals surface area contributed by atoms with E-state index in [-0.39, 0.29) is 16.2 Å². The lowest BCUT2D eigenvalue weighted by atomic mass is 10.3. The Kier molecular flexibility index (Phi) is 3.40. The Morgan fingerprint density at radius 1 is 1.80 bits per heavy atom. The van der Waals surface area contributed by atoms with E-state index in [1.807, 2.05) is 0 Å². The zero-order valence-corrected chi connectivity index (χ0v) is 9.69. The number of rotatable bonds is 3. The predicted molar refractivity (Wildman–Crippen MR) is 55.4 cm³/mol. The van der Waals surface area contributed by atoms with Crippen LogP contribution < -0.4 is 5.32 Å². The summed E-state index contributed by atoms with van der Waals surface area (Å²) < 4.78 is 1.49. The Bertz CT molecular complexity index is 403. The average molecular weight is 277 g/mol. The summed E-state index contributed by atoms with van der Waals surface area (Å²) in [6, 6.07) is -0.583. The number of halogens is 1. The van der Waals surface area contributed by atoms with Crippen molar-refractivity contribution in [1.29, 1.82) is 0 Å². The van der Waals surface area contributed by atoms with E-state index in [1.54, 1.807) is 6.92 Å². The molecule has 0 saturated carbocycles. The van der Waals surface area contributed by atoms with Gasteiger partial charge in [-0.3, -0.25) is 4.79 Å². The monoisotopic (exact) mass is 276 g/mol. The van der Waals surface area contributed by atoms with Crippen molar-refractivity contribution in [3.63, 3.8) is 0 Å². The van der Waals surface area contributed by atoms with Crippen molar-refractivity contribution in [3.8, 4) is 0 Å². The van der Waals surface area contributed by atoms with Crippen LogP contribution in [0.4, 0.5) is 5.82 Å². The molecule has 1 amide bonds. The number of hydrogen-bond acceptors (Lipinski definition) is 4. The molecule has 0 saturated heterocycles. The molecular weight excluding hydrogens is 268 g/mol. The number of nitro groups is 1. The van der Waals surface area contributed by atoms with Crippen LogP contribution in [0.25, 0.3) is 0 Å². The van der Waals surface area contributed by atoms with Crippen LogP contribution in [0.1, 0.15) is 13.0 Å². The van der Waals surface area contributed by atoms with E-state index in [0.717, 1.165) is 0 Å². The molecule has 1 aromatic heterocycles. The summed E-state index contributed by atoms with van der Waals surface area (Å²) in [7, 11) is 1.49. The summed E-state index contributed by atoms with van der Waals surface area (Å²) in [5.41, 5.74) is 0. The minimum Gasteiger partial charge on any atom is -0.358 e. The topological polar surface area (TPSA) is 90.1 Å². The van der Waals surface area contributed by atoms with Crippen LogP contribution in [0, 0.1) is 10.1 Å². The number of carbonyl (C=O) groups is 1. The molecule has 1 rings (SSSR count). The summed E-state index contributed by atoms with van der Waals surface area (Å²) in [6.07, 6.45) is 1.40. The van der Waals surface area contributed by atoms with Gasteiger partial charge < -0.3 is 15.4 Å².